The molecule has 3 heterocycles. The standard InChI is InChI=1S/C27H28N6/c1-19-7-9-21(10-8-19)26-24(20-11-13-22(28-2)14-12-20)16-25-27(30-29-18-33(25)26)32-15-5-6-23(17-32)31(3)4/h7-14,16,18,23H,5-6,15,17H2,1,3-4H3/t23-/m1/s1. The normalized spacial score (nSPS) is 16.3. The number of piperidine rings is 1. The lowest BCUT2D eigenvalue weighted by molar-refractivity contribution is 0.257. The topological polar surface area (TPSA) is 41.0 Å². The summed E-state index contributed by atoms with van der Waals surface area (Å²) in [4.78, 5) is 8.23. The highest BCUT2D eigenvalue weighted by atomic mass is 15.3. The molecule has 1 fully saturated rings. The minimum atomic E-state index is 0.507. The maximum Gasteiger partial charge on any atom is 0.187 e. The Morgan fingerprint density at radius 1 is 1.03 bits per heavy atom. The largest absolute Gasteiger partial charge is 0.352 e. The van der Waals surface area contributed by atoms with Crippen LogP contribution in [-0.4, -0.2) is 52.7 Å². The Labute approximate surface area is 194 Å². The quantitative estimate of drug-likeness (QED) is 0.399. The number of rotatable bonds is 4. The fourth-order valence-electron chi connectivity index (χ4n) is 4.74. The third-order valence-corrected chi connectivity index (χ3v) is 6.64. The predicted octanol–water partition coefficient (Wildman–Crippen LogP) is 5.45. The predicted molar refractivity (Wildman–Crippen MR) is 134 cm³/mol. The number of hydrogen-bond acceptors (Lipinski definition) is 4. The summed E-state index contributed by atoms with van der Waals surface area (Å²) in [5.74, 6) is 0.932. The first-order valence-electron chi connectivity index (χ1n) is 11.4. The molecule has 1 atom stereocenters. The number of aromatic nitrogens is 3. The summed E-state index contributed by atoms with van der Waals surface area (Å²) in [5, 5.41) is 9.02. The number of hydrogen-bond donors (Lipinski definition) is 0. The van der Waals surface area contributed by atoms with E-state index in [4.69, 9.17) is 6.57 Å². The molecule has 4 aromatic rings. The highest BCUT2D eigenvalue weighted by molar-refractivity contribution is 5.90. The number of benzene rings is 2. The number of anilines is 1. The molecule has 0 radical (unpaired) electrons. The molecule has 0 N–H and O–H groups in total. The molecule has 2 aromatic carbocycles. The first-order valence-corrected chi connectivity index (χ1v) is 11.4. The zero-order valence-electron chi connectivity index (χ0n) is 19.4. The molecule has 2 aromatic heterocycles. The van der Waals surface area contributed by atoms with Gasteiger partial charge >= 0.3 is 0 Å². The van der Waals surface area contributed by atoms with Crippen LogP contribution in [0.15, 0.2) is 60.9 Å². The van der Waals surface area contributed by atoms with Crippen LogP contribution in [0, 0.1) is 13.5 Å². The Morgan fingerprint density at radius 2 is 1.76 bits per heavy atom. The van der Waals surface area contributed by atoms with Crippen LogP contribution < -0.4 is 4.90 Å². The minimum Gasteiger partial charge on any atom is -0.352 e. The Hall–Kier alpha value is -3.69. The average molecular weight is 437 g/mol. The van der Waals surface area contributed by atoms with E-state index >= 15 is 0 Å². The average Bonchev–Trinajstić information content (AvgIpc) is 3.24. The molecule has 5 rings (SSSR count). The van der Waals surface area contributed by atoms with Gasteiger partial charge < -0.3 is 9.80 Å². The zero-order valence-corrected chi connectivity index (χ0v) is 19.4. The highest BCUT2D eigenvalue weighted by Gasteiger charge is 2.26. The zero-order chi connectivity index (χ0) is 22.9. The van der Waals surface area contributed by atoms with Crippen molar-refractivity contribution in [3.8, 4) is 22.4 Å². The van der Waals surface area contributed by atoms with Gasteiger partial charge in [0, 0.05) is 24.7 Å². The maximum atomic E-state index is 7.29. The molecule has 6 heteroatoms. The second-order valence-corrected chi connectivity index (χ2v) is 9.05. The van der Waals surface area contributed by atoms with Crippen LogP contribution in [0.25, 0.3) is 32.7 Å². The van der Waals surface area contributed by atoms with E-state index < -0.39 is 0 Å². The van der Waals surface area contributed by atoms with Gasteiger partial charge in [-0.3, -0.25) is 4.40 Å². The van der Waals surface area contributed by atoms with Gasteiger partial charge in [0.1, 0.15) is 6.33 Å². The molecular weight excluding hydrogens is 408 g/mol. The molecule has 1 aliphatic rings. The molecular formula is C27H28N6. The molecule has 33 heavy (non-hydrogen) atoms. The van der Waals surface area contributed by atoms with E-state index in [0.29, 0.717) is 11.7 Å². The van der Waals surface area contributed by atoms with Crippen LogP contribution in [0.5, 0.6) is 0 Å². The SMILES string of the molecule is [C-]#[N+]c1ccc(-c2cc3c(N4CCC[C@@H](N(C)C)C4)nncn3c2-c2ccc(C)cc2)cc1. The lowest BCUT2D eigenvalue weighted by Crippen LogP contribution is -2.45. The summed E-state index contributed by atoms with van der Waals surface area (Å²) in [6.45, 7) is 11.3. The van der Waals surface area contributed by atoms with Crippen molar-refractivity contribution in [1.29, 1.82) is 0 Å². The van der Waals surface area contributed by atoms with Gasteiger partial charge in [-0.2, -0.15) is 0 Å². The Bertz CT molecular complexity index is 1310. The van der Waals surface area contributed by atoms with Crippen LogP contribution in [0.2, 0.25) is 0 Å². The van der Waals surface area contributed by atoms with Gasteiger partial charge in [-0.05, 0) is 51.1 Å². The highest BCUT2D eigenvalue weighted by Crippen LogP contribution is 2.38. The van der Waals surface area contributed by atoms with Gasteiger partial charge in [0.05, 0.1) is 17.8 Å². The monoisotopic (exact) mass is 436 g/mol. The molecule has 0 saturated carbocycles. The van der Waals surface area contributed by atoms with Gasteiger partial charge in [-0.15, -0.1) is 10.2 Å². The molecule has 0 aliphatic carbocycles. The Kier molecular flexibility index (Phi) is 5.57. The van der Waals surface area contributed by atoms with Crippen molar-refractivity contribution >= 4 is 17.0 Å². The van der Waals surface area contributed by atoms with E-state index in [2.05, 4.69) is 80.6 Å². The lowest BCUT2D eigenvalue weighted by Gasteiger charge is -2.36. The van der Waals surface area contributed by atoms with E-state index in [1.54, 1.807) is 0 Å². The third kappa shape index (κ3) is 3.96. The van der Waals surface area contributed by atoms with E-state index in [1.165, 1.54) is 12.0 Å². The number of fused-ring (bicyclic) bond motifs is 1. The van der Waals surface area contributed by atoms with E-state index in [9.17, 15) is 0 Å². The summed E-state index contributed by atoms with van der Waals surface area (Å²) in [7, 11) is 4.30. The molecule has 166 valence electrons. The number of likely N-dealkylation sites (N-methyl/N-ethyl adjacent to an activating group) is 1. The smallest absolute Gasteiger partial charge is 0.187 e. The summed E-state index contributed by atoms with van der Waals surface area (Å²) in [6.07, 6.45) is 4.16. The lowest BCUT2D eigenvalue weighted by atomic mass is 10.0. The van der Waals surface area contributed by atoms with Crippen molar-refractivity contribution in [2.75, 3.05) is 32.1 Å². The van der Waals surface area contributed by atoms with Gasteiger partial charge in [-0.25, -0.2) is 4.85 Å². The van der Waals surface area contributed by atoms with E-state index in [-0.39, 0.29) is 0 Å². The van der Waals surface area contributed by atoms with Crippen molar-refractivity contribution in [3.05, 3.63) is 77.9 Å². The third-order valence-electron chi connectivity index (χ3n) is 6.64. The van der Waals surface area contributed by atoms with Crippen molar-refractivity contribution in [1.82, 2.24) is 19.5 Å². The first kappa shape index (κ1) is 21.2. The summed E-state index contributed by atoms with van der Waals surface area (Å²) in [6, 6.07) is 19.2. The number of nitrogens with zero attached hydrogens (tertiary/aromatic N) is 6. The molecule has 0 spiro atoms. The van der Waals surface area contributed by atoms with Crippen molar-refractivity contribution in [2.45, 2.75) is 25.8 Å². The van der Waals surface area contributed by atoms with E-state index in [0.717, 1.165) is 53.2 Å². The molecule has 1 saturated heterocycles. The van der Waals surface area contributed by atoms with Gasteiger partial charge in [0.25, 0.3) is 0 Å². The maximum absolute atomic E-state index is 7.29. The van der Waals surface area contributed by atoms with Gasteiger partial charge in [0.2, 0.25) is 0 Å². The van der Waals surface area contributed by atoms with Crippen LogP contribution in [0.3, 0.4) is 0 Å². The Balaban J connectivity index is 1.70. The van der Waals surface area contributed by atoms with Gasteiger partial charge in [0.15, 0.2) is 11.5 Å². The first-order chi connectivity index (χ1) is 16.0. The molecule has 0 amide bonds. The van der Waals surface area contributed by atoms with Gasteiger partial charge in [-0.1, -0.05) is 54.1 Å². The summed E-state index contributed by atoms with van der Waals surface area (Å²) >= 11 is 0. The molecule has 1 aliphatic heterocycles. The van der Waals surface area contributed by atoms with Crippen molar-refractivity contribution in [2.24, 2.45) is 0 Å². The van der Waals surface area contributed by atoms with Crippen LogP contribution >= 0.6 is 0 Å². The second kappa shape index (κ2) is 8.68. The number of aryl methyl sites for hydroxylation is 1. The minimum absolute atomic E-state index is 0.507. The second-order valence-electron chi connectivity index (χ2n) is 9.05. The van der Waals surface area contributed by atoms with Crippen molar-refractivity contribution in [3.63, 3.8) is 0 Å². The van der Waals surface area contributed by atoms with E-state index in [1.807, 2.05) is 30.6 Å². The Morgan fingerprint density at radius 3 is 2.45 bits per heavy atom. The summed E-state index contributed by atoms with van der Waals surface area (Å²) < 4.78 is 2.17. The molecule has 0 unspecified atom stereocenters. The van der Waals surface area contributed by atoms with Crippen molar-refractivity contribution < 1.29 is 0 Å². The summed E-state index contributed by atoms with van der Waals surface area (Å²) in [5.41, 5.74) is 7.36. The van der Waals surface area contributed by atoms with Crippen LogP contribution in [0.1, 0.15) is 18.4 Å². The van der Waals surface area contributed by atoms with Crippen LogP contribution in [0.4, 0.5) is 11.5 Å². The molecule has 0 bridgehead atoms. The fourth-order valence-corrected chi connectivity index (χ4v) is 4.74. The molecule has 6 nitrogen and oxygen atoms in total. The van der Waals surface area contributed by atoms with Crippen LogP contribution in [-0.2, 0) is 0 Å². The fraction of sp³-hybridized carbons (Fsp3) is 0.296.